The molecule has 15 N–H and O–H groups in total. The molecular formula is C69H81ClF2N14O12S2. The lowest BCUT2D eigenvalue weighted by molar-refractivity contribution is -0.146. The minimum atomic E-state index is -2.03. The first-order chi connectivity index (χ1) is 47.9. The van der Waals surface area contributed by atoms with Crippen molar-refractivity contribution < 1.29 is 66.9 Å². The van der Waals surface area contributed by atoms with E-state index < -0.39 is 131 Å². The van der Waals surface area contributed by atoms with Crippen molar-refractivity contribution in [2.45, 2.75) is 144 Å². The van der Waals surface area contributed by atoms with Gasteiger partial charge in [0.15, 0.2) is 0 Å². The Morgan fingerprint density at radius 1 is 0.670 bits per heavy atom. The number of hydrogen-bond acceptors (Lipinski definition) is 15. The Morgan fingerprint density at radius 2 is 1.25 bits per heavy atom. The largest absolute Gasteiger partial charge is 0.506 e. The monoisotopic (exact) mass is 1430 g/mol. The number of carboxylic acids is 1. The fourth-order valence-corrected chi connectivity index (χ4v) is 14.0. The number of aromatic amines is 3. The van der Waals surface area contributed by atoms with E-state index in [1.54, 1.807) is 18.7 Å². The van der Waals surface area contributed by atoms with Gasteiger partial charge in [0.1, 0.15) is 65.2 Å². The van der Waals surface area contributed by atoms with Gasteiger partial charge >= 0.3 is 5.97 Å². The number of unbranched alkanes of at least 4 members (excludes halogenated alkanes) is 1. The Kier molecular flexibility index (Phi) is 26.1. The Bertz CT molecular complexity index is 4120. The first-order valence-corrected chi connectivity index (χ1v) is 35.5. The molecule has 26 nitrogen and oxygen atoms in total. The topological polar surface area (TPSA) is 397 Å². The number of carboxylic acid groups (broad SMARTS) is 1. The third-order valence-electron chi connectivity index (χ3n) is 17.5. The van der Waals surface area contributed by atoms with E-state index >= 15 is 19.2 Å². The number of amides is 9. The zero-order valence-electron chi connectivity index (χ0n) is 55.0. The van der Waals surface area contributed by atoms with Crippen LogP contribution < -0.4 is 48.3 Å². The van der Waals surface area contributed by atoms with Gasteiger partial charge in [-0.2, -0.15) is 23.5 Å². The molecule has 9 amide bonds. The van der Waals surface area contributed by atoms with Gasteiger partial charge in [-0.1, -0.05) is 41.9 Å². The first-order valence-electron chi connectivity index (χ1n) is 32.8. The molecule has 0 spiro atoms. The highest BCUT2D eigenvalue weighted by Crippen LogP contribution is 2.32. The van der Waals surface area contributed by atoms with Gasteiger partial charge in [0, 0.05) is 114 Å². The Hall–Kier alpha value is -9.52. The van der Waals surface area contributed by atoms with Gasteiger partial charge in [0.25, 0.3) is 0 Å². The third kappa shape index (κ3) is 20.1. The smallest absolute Gasteiger partial charge is 0.305 e. The van der Waals surface area contributed by atoms with Gasteiger partial charge in [-0.15, -0.1) is 0 Å². The van der Waals surface area contributed by atoms with Crippen LogP contribution >= 0.6 is 35.1 Å². The van der Waals surface area contributed by atoms with Crippen molar-refractivity contribution in [1.29, 1.82) is 0 Å². The maximum atomic E-state index is 15.2. The van der Waals surface area contributed by atoms with Crippen molar-refractivity contribution in [2.24, 2.45) is 5.73 Å². The second kappa shape index (κ2) is 35.0. The number of aliphatic carboxylic acids is 1. The first kappa shape index (κ1) is 74.7. The molecule has 1 fully saturated rings. The number of H-pyrrole nitrogens is 3. The van der Waals surface area contributed by atoms with E-state index in [9.17, 15) is 47.8 Å². The summed E-state index contributed by atoms with van der Waals surface area (Å²) in [5.41, 5.74) is 8.53. The van der Waals surface area contributed by atoms with Crippen molar-refractivity contribution in [3.05, 3.63) is 154 Å². The summed E-state index contributed by atoms with van der Waals surface area (Å²) in [5, 5.41) is 42.7. The number of aromatic hydroxyl groups is 1. The number of fused-ring (bicyclic) bond motifs is 5. The predicted molar refractivity (Wildman–Crippen MR) is 373 cm³/mol. The van der Waals surface area contributed by atoms with Gasteiger partial charge in [0.2, 0.25) is 53.2 Å². The second-order valence-electron chi connectivity index (χ2n) is 25.0. The molecule has 2 aliphatic rings. The molecule has 31 heteroatoms. The van der Waals surface area contributed by atoms with Crippen LogP contribution in [0.5, 0.6) is 5.75 Å². The van der Waals surface area contributed by atoms with Crippen molar-refractivity contribution >= 4 is 116 Å². The number of carbonyl (C=O) groups is 10. The number of rotatable bonds is 14. The number of aromatic nitrogens is 4. The normalized spacial score (nSPS) is 22.9. The average Bonchev–Trinajstić information content (AvgIpc) is 1.59. The lowest BCUT2D eigenvalue weighted by Gasteiger charge is -2.36. The number of nitrogens with two attached hydrogens (primary N) is 1. The highest BCUT2D eigenvalue weighted by molar-refractivity contribution is 7.98. The second-order valence-corrected chi connectivity index (χ2v) is 27.6. The summed E-state index contributed by atoms with van der Waals surface area (Å²) in [5.74, 6) is -8.70. The molecular weight excluding hydrogens is 1350 g/mol. The number of phenols is 1. The molecule has 4 aromatic carbocycles. The molecule has 100 heavy (non-hydrogen) atoms. The Balaban J connectivity index is 1.06. The van der Waals surface area contributed by atoms with E-state index in [-0.39, 0.29) is 79.0 Å². The van der Waals surface area contributed by atoms with Gasteiger partial charge in [-0.3, -0.25) is 47.9 Å². The minimum absolute atomic E-state index is 0.0468. The highest BCUT2D eigenvalue weighted by Gasteiger charge is 2.48. The Labute approximate surface area is 587 Å². The summed E-state index contributed by atoms with van der Waals surface area (Å²) in [4.78, 5) is 159. The minimum Gasteiger partial charge on any atom is -0.506 e. The van der Waals surface area contributed by atoms with E-state index in [2.05, 4.69) is 68.5 Å². The van der Waals surface area contributed by atoms with Crippen molar-refractivity contribution in [3.63, 3.8) is 0 Å². The fourth-order valence-electron chi connectivity index (χ4n) is 12.1. The molecule has 1 saturated heterocycles. The highest BCUT2D eigenvalue weighted by atomic mass is 35.5. The summed E-state index contributed by atoms with van der Waals surface area (Å²) < 4.78 is 29.9. The lowest BCUT2D eigenvalue weighted by Crippen LogP contribution is -2.62. The molecule has 7 aromatic rings. The van der Waals surface area contributed by atoms with E-state index in [4.69, 9.17) is 17.3 Å². The Morgan fingerprint density at radius 3 is 1.85 bits per heavy atom. The summed E-state index contributed by atoms with van der Waals surface area (Å²) >= 11 is 9.45. The van der Waals surface area contributed by atoms with Gasteiger partial charge < -0.3 is 78.3 Å². The third-order valence-corrected chi connectivity index (χ3v) is 19.9. The molecule has 2 bridgehead atoms. The number of benzene rings is 4. The molecule has 0 unspecified atom stereocenters. The number of nitrogens with one attached hydrogen (secondary N) is 11. The number of imidazole rings is 1. The summed E-state index contributed by atoms with van der Waals surface area (Å²) in [6, 6.07) is 8.72. The van der Waals surface area contributed by atoms with Crippen LogP contribution in [0, 0.1) is 11.6 Å². The van der Waals surface area contributed by atoms with Crippen molar-refractivity contribution in [3.8, 4) is 5.75 Å². The van der Waals surface area contributed by atoms with Crippen molar-refractivity contribution in [2.75, 3.05) is 31.1 Å². The number of phenolic OH excluding ortho intramolecular Hbond substituents is 1. The molecule has 0 aliphatic carbocycles. The summed E-state index contributed by atoms with van der Waals surface area (Å²) in [6.45, 7) is 3.64. The molecule has 0 saturated carbocycles. The standard InChI is InChI=1S/C69H81ClF2N14O12S2/c1-38-61(91)81-53(26-42-32-76-50-13-11-44(71)28-47(42)50)63(93)82-54(27-43-33-77-51-14-12-45(72)29-48(43)51)64(94)84-56(31-60(89)90)66(96)83-55(30-46-34-74-37-78-46)65(95)85-57(25-39-10-15-58(87)49(70)24-39)67(97)86-20-6-17-69(86,2)68(98)75-19-22-100-36-41-8-5-7-40(23-41)35-99-21-16-59(88)80-52(62(92)79-38)9-3-4-18-73/h5,7-8,10-15,23-24,28-29,32-34,37-38,52-57,76-77,87H,3-4,6,9,16-22,25-27,30-31,35-36,73H2,1-2H3,(H,74,78)(H,75,98)(H,79,92)(H,80,88)(H,81,91)(H,82,93)(H,83,96)(H,84,94)(H,85,95)(H,89,90)/t38-,52+,53+,54+,55+,56+,57+,69+/m1/s1. The van der Waals surface area contributed by atoms with E-state index in [1.165, 1.54) is 103 Å². The van der Waals surface area contributed by atoms with Gasteiger partial charge in [-0.25, -0.2) is 13.8 Å². The fraction of sp³-hybridized carbons (Fsp3) is 0.406. The summed E-state index contributed by atoms with van der Waals surface area (Å²) in [6.07, 6.45) is 4.86. The van der Waals surface area contributed by atoms with Crippen LogP contribution in [0.25, 0.3) is 21.8 Å². The maximum absolute atomic E-state index is 15.2. The van der Waals surface area contributed by atoms with Crippen LogP contribution in [-0.4, -0.2) is 173 Å². The SMILES string of the molecule is C[C@H]1NC(=O)[C@H](CCCCN)NC(=O)CCSCc2cccc(c2)CSCCNC(=O)[C@]2(C)CCCN2C(=O)[C@H](Cc2ccc(O)c(Cl)c2)NC(=O)[C@H](Cc2cnc[nH]2)NC(=O)[C@H](CC(=O)O)NC(=O)[C@H](Cc2c[nH]c3ccc(F)cc23)NC(=O)[C@H](Cc2c[nH]c3ccc(F)cc23)NC1=O. The van der Waals surface area contributed by atoms with Crippen LogP contribution in [0.2, 0.25) is 5.02 Å². The quantitative estimate of drug-likeness (QED) is 0.0673. The van der Waals surface area contributed by atoms with E-state index in [0.717, 1.165) is 11.1 Å². The molecule has 9 rings (SSSR count). The number of halogens is 3. The zero-order chi connectivity index (χ0) is 71.6. The van der Waals surface area contributed by atoms with Crippen LogP contribution in [0.4, 0.5) is 8.78 Å². The number of nitrogens with zero attached hydrogens (tertiary/aromatic N) is 2. The van der Waals surface area contributed by atoms with E-state index in [0.29, 0.717) is 76.4 Å². The molecule has 8 atom stereocenters. The number of hydrogen-bond donors (Lipinski definition) is 14. The summed E-state index contributed by atoms with van der Waals surface area (Å²) in [7, 11) is 0. The van der Waals surface area contributed by atoms with E-state index in [1.807, 2.05) is 18.2 Å². The number of carbonyl (C=O) groups excluding carboxylic acids is 9. The zero-order valence-corrected chi connectivity index (χ0v) is 57.4. The van der Waals surface area contributed by atoms with Crippen molar-refractivity contribution in [1.82, 2.24) is 67.4 Å². The van der Waals surface area contributed by atoms with Gasteiger partial charge in [0.05, 0.1) is 17.8 Å². The predicted octanol–water partition coefficient (Wildman–Crippen LogP) is 4.36. The molecule has 2 aliphatic heterocycles. The molecule has 5 heterocycles. The molecule has 3 aromatic heterocycles. The van der Waals surface area contributed by atoms with Gasteiger partial charge in [-0.05, 0) is 129 Å². The van der Waals surface area contributed by atoms with Crippen LogP contribution in [0.3, 0.4) is 0 Å². The van der Waals surface area contributed by atoms with Crippen LogP contribution in [-0.2, 0) is 85.1 Å². The maximum Gasteiger partial charge on any atom is 0.305 e. The lowest BCUT2D eigenvalue weighted by atomic mass is 9.95. The van der Waals surface area contributed by atoms with Crippen LogP contribution in [0.1, 0.15) is 92.3 Å². The molecule has 532 valence electrons. The number of thioether (sulfide) groups is 2. The van der Waals surface area contributed by atoms with Crippen LogP contribution in [0.15, 0.2) is 104 Å². The molecule has 0 radical (unpaired) electrons. The average molecular weight is 1440 g/mol.